The summed E-state index contributed by atoms with van der Waals surface area (Å²) in [6, 6.07) is 9.98. The molecule has 0 atom stereocenters. The molecule has 7 heteroatoms. The van der Waals surface area contributed by atoms with Crippen molar-refractivity contribution < 1.29 is 4.79 Å². The molecule has 0 spiro atoms. The quantitative estimate of drug-likeness (QED) is 0.524. The highest BCUT2D eigenvalue weighted by molar-refractivity contribution is 5.81. The fourth-order valence-corrected chi connectivity index (χ4v) is 2.70. The molecule has 0 aliphatic heterocycles. The zero-order valence-corrected chi connectivity index (χ0v) is 16.5. The van der Waals surface area contributed by atoms with Crippen LogP contribution in [0.15, 0.2) is 47.7 Å². The summed E-state index contributed by atoms with van der Waals surface area (Å²) in [4.78, 5) is 18.5. The number of nitrogens with one attached hydrogen (secondary N) is 2. The van der Waals surface area contributed by atoms with E-state index < -0.39 is 0 Å². The number of aromatic nitrogens is 2. The number of aliphatic imine (C=N–C) groups is 1. The molecule has 2 aromatic rings. The predicted octanol–water partition coefficient (Wildman–Crippen LogP) is 2.19. The van der Waals surface area contributed by atoms with Crippen molar-refractivity contribution in [3.63, 3.8) is 0 Å². The predicted molar refractivity (Wildman–Crippen MR) is 109 cm³/mol. The Balaban J connectivity index is 1.90. The number of carbonyl (C=O) groups is 1. The van der Waals surface area contributed by atoms with Crippen molar-refractivity contribution >= 4 is 11.9 Å². The van der Waals surface area contributed by atoms with Gasteiger partial charge in [-0.15, -0.1) is 0 Å². The van der Waals surface area contributed by atoms with Crippen LogP contribution < -0.4 is 10.6 Å². The summed E-state index contributed by atoms with van der Waals surface area (Å²) in [6.07, 6.45) is 4.26. The molecule has 0 unspecified atom stereocenters. The lowest BCUT2D eigenvalue weighted by atomic mass is 10.3. The Kier molecular flexibility index (Phi) is 8.35. The van der Waals surface area contributed by atoms with Crippen molar-refractivity contribution in [2.75, 3.05) is 26.2 Å². The van der Waals surface area contributed by atoms with Crippen molar-refractivity contribution in [1.82, 2.24) is 25.3 Å². The monoisotopic (exact) mass is 370 g/mol. The minimum atomic E-state index is 0.160. The summed E-state index contributed by atoms with van der Waals surface area (Å²) in [5.74, 6) is 0.866. The third-order valence-corrected chi connectivity index (χ3v) is 4.17. The summed E-state index contributed by atoms with van der Waals surface area (Å²) < 4.78 is 1.84. The largest absolute Gasteiger partial charge is 0.357 e. The lowest BCUT2D eigenvalue weighted by Gasteiger charge is -2.19. The van der Waals surface area contributed by atoms with Gasteiger partial charge in [-0.25, -0.2) is 9.67 Å². The van der Waals surface area contributed by atoms with Gasteiger partial charge in [0.05, 0.1) is 18.4 Å². The molecule has 1 heterocycles. The molecule has 2 rings (SSSR count). The minimum Gasteiger partial charge on any atom is -0.357 e. The van der Waals surface area contributed by atoms with Gasteiger partial charge in [-0.1, -0.05) is 18.2 Å². The third kappa shape index (κ3) is 6.44. The van der Waals surface area contributed by atoms with E-state index in [-0.39, 0.29) is 5.91 Å². The van der Waals surface area contributed by atoms with Crippen LogP contribution in [-0.2, 0) is 11.3 Å². The average molecular weight is 371 g/mol. The zero-order valence-electron chi connectivity index (χ0n) is 16.5. The molecule has 0 saturated carbocycles. The molecular formula is C20H30N6O. The van der Waals surface area contributed by atoms with E-state index in [1.165, 1.54) is 0 Å². The lowest BCUT2D eigenvalue weighted by Crippen LogP contribution is -2.40. The normalized spacial score (nSPS) is 11.3. The van der Waals surface area contributed by atoms with Crippen LogP contribution in [0.4, 0.5) is 0 Å². The highest BCUT2D eigenvalue weighted by Gasteiger charge is 2.09. The van der Waals surface area contributed by atoms with Crippen LogP contribution in [0.1, 0.15) is 32.8 Å². The number of nitrogens with zero attached hydrogens (tertiary/aromatic N) is 4. The number of para-hydroxylation sites is 1. The molecule has 1 aromatic heterocycles. The van der Waals surface area contributed by atoms with Crippen molar-refractivity contribution in [1.29, 1.82) is 0 Å². The van der Waals surface area contributed by atoms with Crippen molar-refractivity contribution in [3.05, 3.63) is 48.3 Å². The van der Waals surface area contributed by atoms with E-state index in [4.69, 9.17) is 0 Å². The van der Waals surface area contributed by atoms with E-state index in [0.717, 1.165) is 30.9 Å². The molecule has 7 nitrogen and oxygen atoms in total. The van der Waals surface area contributed by atoms with Gasteiger partial charge >= 0.3 is 0 Å². The Bertz CT molecular complexity index is 721. The van der Waals surface area contributed by atoms with Gasteiger partial charge in [0, 0.05) is 44.4 Å². The molecule has 0 saturated heterocycles. The molecule has 0 aliphatic carbocycles. The summed E-state index contributed by atoms with van der Waals surface area (Å²) in [5.41, 5.74) is 2.04. The smallest absolute Gasteiger partial charge is 0.224 e. The molecule has 1 aromatic carbocycles. The maximum atomic E-state index is 12.1. The van der Waals surface area contributed by atoms with Crippen LogP contribution in [0.2, 0.25) is 0 Å². The maximum Gasteiger partial charge on any atom is 0.224 e. The van der Waals surface area contributed by atoms with E-state index in [1.54, 1.807) is 0 Å². The first-order valence-electron chi connectivity index (χ1n) is 9.56. The van der Waals surface area contributed by atoms with Gasteiger partial charge in [0.2, 0.25) is 5.91 Å². The Labute approximate surface area is 161 Å². The first-order chi connectivity index (χ1) is 13.2. The lowest BCUT2D eigenvalue weighted by molar-refractivity contribution is -0.130. The van der Waals surface area contributed by atoms with Crippen LogP contribution in [-0.4, -0.2) is 52.7 Å². The Morgan fingerprint density at radius 1 is 1.15 bits per heavy atom. The van der Waals surface area contributed by atoms with Gasteiger partial charge in [0.15, 0.2) is 5.96 Å². The standard InChI is InChI=1S/C20H30N6O/c1-4-21-20(22-13-12-19(27)25(5-2)6-3)23-14-17-15-24-26(16-17)18-10-8-7-9-11-18/h7-11,15-16H,4-6,12-14H2,1-3H3,(H2,21,22,23). The third-order valence-electron chi connectivity index (χ3n) is 4.17. The van der Waals surface area contributed by atoms with Crippen molar-refractivity contribution in [2.24, 2.45) is 4.99 Å². The number of benzene rings is 1. The number of guanidine groups is 1. The number of carbonyl (C=O) groups excluding carboxylic acids is 1. The van der Waals surface area contributed by atoms with Gasteiger partial charge < -0.3 is 15.5 Å². The molecule has 0 aliphatic rings. The van der Waals surface area contributed by atoms with E-state index in [0.29, 0.717) is 25.5 Å². The van der Waals surface area contributed by atoms with Crippen LogP contribution in [0.3, 0.4) is 0 Å². The summed E-state index contributed by atoms with van der Waals surface area (Å²) in [5, 5.41) is 10.8. The number of hydrogen-bond acceptors (Lipinski definition) is 3. The second-order valence-corrected chi connectivity index (χ2v) is 6.07. The molecule has 2 N–H and O–H groups in total. The zero-order chi connectivity index (χ0) is 19.5. The summed E-state index contributed by atoms with van der Waals surface area (Å²) >= 11 is 0. The number of hydrogen-bond donors (Lipinski definition) is 2. The maximum absolute atomic E-state index is 12.1. The van der Waals surface area contributed by atoms with Crippen LogP contribution in [0, 0.1) is 0 Å². The van der Waals surface area contributed by atoms with E-state index in [2.05, 4.69) is 20.7 Å². The van der Waals surface area contributed by atoms with Gasteiger partial charge in [0.25, 0.3) is 0 Å². The average Bonchev–Trinajstić information content (AvgIpc) is 3.17. The fraction of sp³-hybridized carbons (Fsp3) is 0.450. The molecule has 27 heavy (non-hydrogen) atoms. The Morgan fingerprint density at radius 3 is 2.56 bits per heavy atom. The first kappa shape index (κ1) is 20.5. The second kappa shape index (κ2) is 11.0. The van der Waals surface area contributed by atoms with E-state index >= 15 is 0 Å². The Morgan fingerprint density at radius 2 is 1.89 bits per heavy atom. The SMILES string of the molecule is CCNC(=NCc1cnn(-c2ccccc2)c1)NCCC(=O)N(CC)CC. The molecular weight excluding hydrogens is 340 g/mol. The van der Waals surface area contributed by atoms with Crippen LogP contribution in [0.25, 0.3) is 5.69 Å². The first-order valence-corrected chi connectivity index (χ1v) is 9.56. The van der Waals surface area contributed by atoms with Crippen molar-refractivity contribution in [2.45, 2.75) is 33.7 Å². The topological polar surface area (TPSA) is 74.5 Å². The number of rotatable bonds is 9. The van der Waals surface area contributed by atoms with Gasteiger partial charge in [-0.2, -0.15) is 5.10 Å². The molecule has 0 bridgehead atoms. The summed E-state index contributed by atoms with van der Waals surface area (Å²) in [7, 11) is 0. The fourth-order valence-electron chi connectivity index (χ4n) is 2.70. The van der Waals surface area contributed by atoms with E-state index in [1.807, 2.05) is 73.1 Å². The highest BCUT2D eigenvalue weighted by Crippen LogP contribution is 2.08. The minimum absolute atomic E-state index is 0.160. The molecule has 146 valence electrons. The molecule has 0 fully saturated rings. The second-order valence-electron chi connectivity index (χ2n) is 6.07. The molecule has 1 amide bonds. The van der Waals surface area contributed by atoms with Gasteiger partial charge in [-0.3, -0.25) is 4.79 Å². The molecule has 0 radical (unpaired) electrons. The highest BCUT2D eigenvalue weighted by atomic mass is 16.2. The van der Waals surface area contributed by atoms with Crippen molar-refractivity contribution in [3.8, 4) is 5.69 Å². The number of amides is 1. The van der Waals surface area contributed by atoms with Crippen LogP contribution >= 0.6 is 0 Å². The Hall–Kier alpha value is -2.83. The van der Waals surface area contributed by atoms with Gasteiger partial charge in [0.1, 0.15) is 0 Å². The van der Waals surface area contributed by atoms with Gasteiger partial charge in [-0.05, 0) is 32.9 Å². The summed E-state index contributed by atoms with van der Waals surface area (Å²) in [6.45, 7) is 9.34. The van der Waals surface area contributed by atoms with Crippen LogP contribution in [0.5, 0.6) is 0 Å². The van der Waals surface area contributed by atoms with E-state index in [9.17, 15) is 4.79 Å².